The molecule has 0 bridgehead atoms. The molecule has 0 fully saturated rings. The summed E-state index contributed by atoms with van der Waals surface area (Å²) in [6, 6.07) is 18.5. The van der Waals surface area contributed by atoms with Gasteiger partial charge in [0.25, 0.3) is 0 Å². The second-order valence-corrected chi connectivity index (χ2v) is 6.25. The monoisotopic (exact) mass is 335 g/mol. The summed E-state index contributed by atoms with van der Waals surface area (Å²) in [4.78, 5) is 4.33. The van der Waals surface area contributed by atoms with Crippen LogP contribution in [-0.4, -0.2) is 12.1 Å². The van der Waals surface area contributed by atoms with Crippen molar-refractivity contribution in [3.05, 3.63) is 71.9 Å². The number of benzene rings is 2. The lowest BCUT2D eigenvalue weighted by atomic mass is 10.0. The molecule has 2 aromatic carbocycles. The Morgan fingerprint density at radius 3 is 2.64 bits per heavy atom. The van der Waals surface area contributed by atoms with Crippen LogP contribution in [0.4, 0.5) is 0 Å². The van der Waals surface area contributed by atoms with Gasteiger partial charge in [-0.15, -0.1) is 0 Å². The van der Waals surface area contributed by atoms with Crippen LogP contribution in [0.15, 0.2) is 60.8 Å². The molecule has 0 spiro atoms. The van der Waals surface area contributed by atoms with Crippen molar-refractivity contribution in [3.63, 3.8) is 0 Å². The number of aromatic nitrogens is 1. The summed E-state index contributed by atoms with van der Waals surface area (Å²) in [5.41, 5.74) is 3.37. The lowest BCUT2D eigenvalue weighted by Crippen LogP contribution is -2.02. The molecule has 1 atom stereocenters. The molecule has 0 amide bonds. The second kappa shape index (κ2) is 8.63. The van der Waals surface area contributed by atoms with E-state index in [0.29, 0.717) is 6.61 Å². The van der Waals surface area contributed by atoms with Crippen LogP contribution in [0, 0.1) is 0 Å². The Kier molecular flexibility index (Phi) is 6.02. The third-order valence-electron chi connectivity index (χ3n) is 4.44. The zero-order valence-corrected chi connectivity index (χ0v) is 14.9. The van der Waals surface area contributed by atoms with E-state index in [1.165, 1.54) is 18.4 Å². The van der Waals surface area contributed by atoms with E-state index < -0.39 is 0 Å². The lowest BCUT2D eigenvalue weighted by Gasteiger charge is -2.16. The maximum atomic E-state index is 5.93. The minimum Gasteiger partial charge on any atom is -0.489 e. The molecule has 0 aliphatic rings. The van der Waals surface area contributed by atoms with Gasteiger partial charge in [-0.3, -0.25) is 4.98 Å². The summed E-state index contributed by atoms with van der Waals surface area (Å²) < 4.78 is 11.5. The summed E-state index contributed by atoms with van der Waals surface area (Å²) in [7, 11) is 1.78. The normalized spacial score (nSPS) is 12.2. The van der Waals surface area contributed by atoms with Gasteiger partial charge in [-0.25, -0.2) is 0 Å². The first kappa shape index (κ1) is 17.4. The highest BCUT2D eigenvalue weighted by molar-refractivity contribution is 5.79. The number of methoxy groups -OCH3 is 1. The van der Waals surface area contributed by atoms with E-state index >= 15 is 0 Å². The first-order chi connectivity index (χ1) is 12.3. The van der Waals surface area contributed by atoms with Crippen LogP contribution in [0.5, 0.6) is 5.75 Å². The molecule has 0 saturated carbocycles. The number of pyridine rings is 1. The SMILES string of the molecule is CCCCC(OC)c1ccc(COc2ccc3ncccc3c2)cc1. The van der Waals surface area contributed by atoms with E-state index in [1.807, 2.05) is 30.3 Å². The molecule has 1 unspecified atom stereocenters. The van der Waals surface area contributed by atoms with Crippen LogP contribution in [0.2, 0.25) is 0 Å². The topological polar surface area (TPSA) is 31.4 Å². The van der Waals surface area contributed by atoms with Crippen LogP contribution < -0.4 is 4.74 Å². The van der Waals surface area contributed by atoms with Gasteiger partial charge in [0.1, 0.15) is 12.4 Å². The van der Waals surface area contributed by atoms with Gasteiger partial charge in [0.15, 0.2) is 0 Å². The van der Waals surface area contributed by atoms with Crippen LogP contribution in [0.3, 0.4) is 0 Å². The lowest BCUT2D eigenvalue weighted by molar-refractivity contribution is 0.0936. The second-order valence-electron chi connectivity index (χ2n) is 6.25. The van der Waals surface area contributed by atoms with E-state index in [0.717, 1.165) is 28.6 Å². The molecule has 130 valence electrons. The summed E-state index contributed by atoms with van der Waals surface area (Å²) in [5.74, 6) is 0.863. The average Bonchev–Trinajstić information content (AvgIpc) is 2.67. The van der Waals surface area contributed by atoms with Crippen LogP contribution in [-0.2, 0) is 11.3 Å². The predicted molar refractivity (Wildman–Crippen MR) is 102 cm³/mol. The van der Waals surface area contributed by atoms with Crippen molar-refractivity contribution >= 4 is 10.9 Å². The highest BCUT2D eigenvalue weighted by atomic mass is 16.5. The maximum Gasteiger partial charge on any atom is 0.120 e. The number of nitrogens with zero attached hydrogens (tertiary/aromatic N) is 1. The van der Waals surface area contributed by atoms with Crippen molar-refractivity contribution in [1.29, 1.82) is 0 Å². The summed E-state index contributed by atoms with van der Waals surface area (Å²) in [5, 5.41) is 1.09. The number of ether oxygens (including phenoxy) is 2. The fourth-order valence-electron chi connectivity index (χ4n) is 2.95. The van der Waals surface area contributed by atoms with Crippen molar-refractivity contribution in [2.45, 2.75) is 38.9 Å². The van der Waals surface area contributed by atoms with Crippen molar-refractivity contribution in [1.82, 2.24) is 4.98 Å². The van der Waals surface area contributed by atoms with Crippen molar-refractivity contribution in [2.24, 2.45) is 0 Å². The van der Waals surface area contributed by atoms with Gasteiger partial charge in [-0.1, -0.05) is 50.1 Å². The molecule has 0 radical (unpaired) electrons. The third kappa shape index (κ3) is 4.58. The number of hydrogen-bond donors (Lipinski definition) is 0. The molecule has 0 aliphatic heterocycles. The van der Waals surface area contributed by atoms with Gasteiger partial charge in [0, 0.05) is 18.7 Å². The van der Waals surface area contributed by atoms with Gasteiger partial charge in [0.2, 0.25) is 0 Å². The molecule has 0 N–H and O–H groups in total. The van der Waals surface area contributed by atoms with Gasteiger partial charge in [-0.2, -0.15) is 0 Å². The van der Waals surface area contributed by atoms with E-state index in [1.54, 1.807) is 13.3 Å². The van der Waals surface area contributed by atoms with E-state index in [9.17, 15) is 0 Å². The molecule has 3 heteroatoms. The van der Waals surface area contributed by atoms with Gasteiger partial charge >= 0.3 is 0 Å². The zero-order chi connectivity index (χ0) is 17.5. The molecular formula is C22H25NO2. The first-order valence-electron chi connectivity index (χ1n) is 8.89. The number of fused-ring (bicyclic) bond motifs is 1. The number of hydrogen-bond acceptors (Lipinski definition) is 3. The molecule has 0 aliphatic carbocycles. The van der Waals surface area contributed by atoms with Gasteiger partial charge in [-0.05, 0) is 41.8 Å². The van der Waals surface area contributed by atoms with Gasteiger partial charge in [0.05, 0.1) is 11.6 Å². The average molecular weight is 335 g/mol. The summed E-state index contributed by atoms with van der Waals surface area (Å²) >= 11 is 0. The Balaban J connectivity index is 1.62. The first-order valence-corrected chi connectivity index (χ1v) is 8.89. The minimum atomic E-state index is 0.183. The molecule has 3 rings (SSSR count). The molecule has 25 heavy (non-hydrogen) atoms. The van der Waals surface area contributed by atoms with Crippen molar-refractivity contribution in [3.8, 4) is 5.75 Å². The largest absolute Gasteiger partial charge is 0.489 e. The van der Waals surface area contributed by atoms with Crippen molar-refractivity contribution < 1.29 is 9.47 Å². The molecule has 3 nitrogen and oxygen atoms in total. The Morgan fingerprint density at radius 2 is 1.88 bits per heavy atom. The third-order valence-corrected chi connectivity index (χ3v) is 4.44. The van der Waals surface area contributed by atoms with Crippen LogP contribution in [0.25, 0.3) is 10.9 Å². The van der Waals surface area contributed by atoms with E-state index in [2.05, 4.69) is 36.2 Å². The Hall–Kier alpha value is -2.39. The van der Waals surface area contributed by atoms with Crippen LogP contribution >= 0.6 is 0 Å². The molecular weight excluding hydrogens is 310 g/mol. The van der Waals surface area contributed by atoms with Crippen LogP contribution in [0.1, 0.15) is 43.4 Å². The highest BCUT2D eigenvalue weighted by Crippen LogP contribution is 2.24. The standard InChI is InChI=1S/C22H25NO2/c1-3-4-7-22(24-2)18-10-8-17(9-11-18)16-25-20-12-13-21-19(15-20)6-5-14-23-21/h5-6,8-15,22H,3-4,7,16H2,1-2H3. The Labute approximate surface area is 149 Å². The molecule has 1 heterocycles. The number of unbranched alkanes of at least 4 members (excludes halogenated alkanes) is 1. The summed E-state index contributed by atoms with van der Waals surface area (Å²) in [6.07, 6.45) is 5.42. The Bertz CT molecular complexity index is 798. The smallest absolute Gasteiger partial charge is 0.120 e. The van der Waals surface area contributed by atoms with E-state index in [4.69, 9.17) is 9.47 Å². The maximum absolute atomic E-state index is 5.93. The van der Waals surface area contributed by atoms with Crippen molar-refractivity contribution in [2.75, 3.05) is 7.11 Å². The Morgan fingerprint density at radius 1 is 1.04 bits per heavy atom. The molecule has 1 aromatic heterocycles. The number of rotatable bonds is 8. The van der Waals surface area contributed by atoms with Gasteiger partial charge < -0.3 is 9.47 Å². The molecule has 0 saturated heterocycles. The fraction of sp³-hybridized carbons (Fsp3) is 0.318. The fourth-order valence-corrected chi connectivity index (χ4v) is 2.95. The van der Waals surface area contributed by atoms with E-state index in [-0.39, 0.29) is 6.10 Å². The molecule has 3 aromatic rings. The quantitative estimate of drug-likeness (QED) is 0.530. The predicted octanol–water partition coefficient (Wildman–Crippen LogP) is 5.69. The summed E-state index contributed by atoms with van der Waals surface area (Å²) in [6.45, 7) is 2.76. The zero-order valence-electron chi connectivity index (χ0n) is 14.9. The highest BCUT2D eigenvalue weighted by Gasteiger charge is 2.09. The minimum absolute atomic E-state index is 0.183.